The van der Waals surface area contributed by atoms with Crippen LogP contribution in [0.3, 0.4) is 0 Å². The van der Waals surface area contributed by atoms with Crippen LogP contribution in [0, 0.1) is 6.92 Å². The number of aromatic nitrogens is 3. The van der Waals surface area contributed by atoms with E-state index in [-0.39, 0.29) is 5.91 Å². The molecule has 1 aliphatic heterocycles. The highest BCUT2D eigenvalue weighted by molar-refractivity contribution is 7.13. The van der Waals surface area contributed by atoms with Crippen molar-refractivity contribution in [3.8, 4) is 10.6 Å². The Morgan fingerprint density at radius 3 is 2.64 bits per heavy atom. The summed E-state index contributed by atoms with van der Waals surface area (Å²) in [5.41, 5.74) is 4.52. The van der Waals surface area contributed by atoms with Crippen LogP contribution in [-0.4, -0.2) is 58.8 Å². The van der Waals surface area contributed by atoms with Crippen LogP contribution >= 0.6 is 11.3 Å². The van der Waals surface area contributed by atoms with E-state index in [2.05, 4.69) is 45.2 Å². The van der Waals surface area contributed by atoms with Crippen LogP contribution in [0.25, 0.3) is 10.6 Å². The maximum absolute atomic E-state index is 12.6. The number of piperazine rings is 1. The highest BCUT2D eigenvalue weighted by Gasteiger charge is 2.17. The second kappa shape index (κ2) is 7.73. The Kier molecular flexibility index (Phi) is 5.15. The predicted octanol–water partition coefficient (Wildman–Crippen LogP) is 2.86. The minimum absolute atomic E-state index is 0.196. The van der Waals surface area contributed by atoms with E-state index < -0.39 is 0 Å². The van der Waals surface area contributed by atoms with Crippen LogP contribution in [0.1, 0.15) is 16.1 Å². The first-order valence-electron chi connectivity index (χ1n) is 9.29. The SMILES string of the molecule is Cc1cc(NC(=O)c2csc(-c3cnn(C)c3)n2)ccc1N1CCN(C)CC1. The number of hydrogen-bond acceptors (Lipinski definition) is 6. The monoisotopic (exact) mass is 396 g/mol. The molecule has 2 aromatic heterocycles. The van der Waals surface area contributed by atoms with Gasteiger partial charge >= 0.3 is 0 Å². The van der Waals surface area contributed by atoms with Crippen molar-refractivity contribution in [2.45, 2.75) is 6.92 Å². The van der Waals surface area contributed by atoms with E-state index in [1.807, 2.05) is 25.4 Å². The molecule has 0 atom stereocenters. The van der Waals surface area contributed by atoms with Crippen LogP contribution in [0.15, 0.2) is 36.0 Å². The Balaban J connectivity index is 1.45. The summed E-state index contributed by atoms with van der Waals surface area (Å²) in [6, 6.07) is 6.09. The van der Waals surface area contributed by atoms with Crippen LogP contribution in [0.2, 0.25) is 0 Å². The summed E-state index contributed by atoms with van der Waals surface area (Å²) in [6.07, 6.45) is 3.64. The number of rotatable bonds is 4. The van der Waals surface area contributed by atoms with E-state index in [0.29, 0.717) is 5.69 Å². The van der Waals surface area contributed by atoms with E-state index in [4.69, 9.17) is 0 Å². The average Bonchev–Trinajstić information content (AvgIpc) is 3.32. The molecule has 3 aromatic rings. The summed E-state index contributed by atoms with van der Waals surface area (Å²) >= 11 is 1.44. The van der Waals surface area contributed by atoms with Gasteiger partial charge in [-0.2, -0.15) is 5.10 Å². The Labute approximate surface area is 168 Å². The molecule has 7 nitrogen and oxygen atoms in total. The summed E-state index contributed by atoms with van der Waals surface area (Å²) in [4.78, 5) is 21.8. The Morgan fingerprint density at radius 2 is 1.96 bits per heavy atom. The van der Waals surface area contributed by atoms with Gasteiger partial charge in [-0.3, -0.25) is 9.48 Å². The number of benzene rings is 1. The maximum Gasteiger partial charge on any atom is 0.275 e. The number of carbonyl (C=O) groups excluding carboxylic acids is 1. The van der Waals surface area contributed by atoms with Crippen LogP contribution in [0.5, 0.6) is 0 Å². The quantitative estimate of drug-likeness (QED) is 0.735. The van der Waals surface area contributed by atoms with Crippen molar-refractivity contribution < 1.29 is 4.79 Å². The molecule has 8 heteroatoms. The number of nitrogens with zero attached hydrogens (tertiary/aromatic N) is 5. The number of anilines is 2. The lowest BCUT2D eigenvalue weighted by atomic mass is 10.1. The molecule has 28 heavy (non-hydrogen) atoms. The molecule has 1 fully saturated rings. The highest BCUT2D eigenvalue weighted by Crippen LogP contribution is 2.26. The third kappa shape index (κ3) is 3.93. The molecular weight excluding hydrogens is 372 g/mol. The van der Waals surface area contributed by atoms with E-state index in [0.717, 1.165) is 48.0 Å². The van der Waals surface area contributed by atoms with Crippen LogP contribution < -0.4 is 10.2 Å². The second-order valence-electron chi connectivity index (χ2n) is 7.19. The molecule has 1 N–H and O–H groups in total. The smallest absolute Gasteiger partial charge is 0.275 e. The summed E-state index contributed by atoms with van der Waals surface area (Å²) < 4.78 is 1.72. The largest absolute Gasteiger partial charge is 0.369 e. The van der Waals surface area contributed by atoms with E-state index in [1.165, 1.54) is 17.0 Å². The van der Waals surface area contributed by atoms with Gasteiger partial charge in [0.05, 0.1) is 6.20 Å². The number of aryl methyl sites for hydroxylation is 2. The highest BCUT2D eigenvalue weighted by atomic mass is 32.1. The van der Waals surface area contributed by atoms with Crippen molar-refractivity contribution in [1.29, 1.82) is 0 Å². The molecule has 1 aliphatic rings. The van der Waals surface area contributed by atoms with Gasteiger partial charge in [0, 0.05) is 61.7 Å². The second-order valence-corrected chi connectivity index (χ2v) is 8.04. The topological polar surface area (TPSA) is 66.3 Å². The van der Waals surface area contributed by atoms with Gasteiger partial charge in [0.2, 0.25) is 0 Å². The van der Waals surface area contributed by atoms with Gasteiger partial charge in [-0.15, -0.1) is 11.3 Å². The Morgan fingerprint density at radius 1 is 1.18 bits per heavy atom. The first kappa shape index (κ1) is 18.6. The molecule has 0 aliphatic carbocycles. The van der Waals surface area contributed by atoms with E-state index >= 15 is 0 Å². The molecule has 3 heterocycles. The normalized spacial score (nSPS) is 15.0. The fourth-order valence-corrected chi connectivity index (χ4v) is 4.15. The van der Waals surface area contributed by atoms with Crippen molar-refractivity contribution in [3.05, 3.63) is 47.2 Å². The molecule has 0 spiro atoms. The van der Waals surface area contributed by atoms with Gasteiger partial charge in [0.15, 0.2) is 0 Å². The fourth-order valence-electron chi connectivity index (χ4n) is 3.37. The zero-order chi connectivity index (χ0) is 19.7. The van der Waals surface area contributed by atoms with Crippen LogP contribution in [0.4, 0.5) is 11.4 Å². The molecule has 146 valence electrons. The van der Waals surface area contributed by atoms with Gasteiger partial charge in [-0.25, -0.2) is 4.98 Å². The number of thiazole rings is 1. The standard InChI is InChI=1S/C20H24N6OS/c1-14-10-16(4-5-18(14)26-8-6-24(2)7-9-26)22-19(27)17-13-28-20(23-17)15-11-21-25(3)12-15/h4-5,10-13H,6-9H2,1-3H3,(H,22,27). The molecule has 0 saturated carbocycles. The molecule has 1 amide bonds. The molecule has 1 aromatic carbocycles. The molecular formula is C20H24N6OS. The van der Waals surface area contributed by atoms with Crippen molar-refractivity contribution in [2.75, 3.05) is 43.4 Å². The first-order valence-corrected chi connectivity index (χ1v) is 10.2. The number of amides is 1. The molecule has 4 rings (SSSR count). The fraction of sp³-hybridized carbons (Fsp3) is 0.350. The van der Waals surface area contributed by atoms with Gasteiger partial charge < -0.3 is 15.1 Å². The first-order chi connectivity index (χ1) is 13.5. The molecule has 0 unspecified atom stereocenters. The molecule has 1 saturated heterocycles. The maximum atomic E-state index is 12.6. The van der Waals surface area contributed by atoms with Gasteiger partial charge in [-0.1, -0.05) is 0 Å². The molecule has 0 bridgehead atoms. The summed E-state index contributed by atoms with van der Waals surface area (Å²) in [5, 5.41) is 9.69. The number of nitrogens with one attached hydrogen (secondary N) is 1. The van der Waals surface area contributed by atoms with Gasteiger partial charge in [0.1, 0.15) is 10.7 Å². The minimum Gasteiger partial charge on any atom is -0.369 e. The number of likely N-dealkylation sites (N-methyl/N-ethyl adjacent to an activating group) is 1. The van der Waals surface area contributed by atoms with Gasteiger partial charge in [0.25, 0.3) is 5.91 Å². The number of carbonyl (C=O) groups is 1. The molecule has 0 radical (unpaired) electrons. The lowest BCUT2D eigenvalue weighted by Crippen LogP contribution is -2.44. The third-order valence-electron chi connectivity index (χ3n) is 4.99. The summed E-state index contributed by atoms with van der Waals surface area (Å²) in [5.74, 6) is -0.196. The summed E-state index contributed by atoms with van der Waals surface area (Å²) in [6.45, 7) is 6.28. The van der Waals surface area contributed by atoms with Crippen molar-refractivity contribution in [3.63, 3.8) is 0 Å². The lowest BCUT2D eigenvalue weighted by Gasteiger charge is -2.35. The number of hydrogen-bond donors (Lipinski definition) is 1. The lowest BCUT2D eigenvalue weighted by molar-refractivity contribution is 0.102. The summed E-state index contributed by atoms with van der Waals surface area (Å²) in [7, 11) is 4.01. The zero-order valence-electron chi connectivity index (χ0n) is 16.3. The third-order valence-corrected chi connectivity index (χ3v) is 5.88. The minimum atomic E-state index is -0.196. The Bertz CT molecular complexity index is 986. The van der Waals surface area contributed by atoms with Crippen molar-refractivity contribution >= 4 is 28.6 Å². The van der Waals surface area contributed by atoms with Crippen molar-refractivity contribution in [2.24, 2.45) is 7.05 Å². The van der Waals surface area contributed by atoms with Crippen molar-refractivity contribution in [1.82, 2.24) is 19.7 Å². The van der Waals surface area contributed by atoms with Gasteiger partial charge in [-0.05, 0) is 37.7 Å². The van der Waals surface area contributed by atoms with E-state index in [9.17, 15) is 4.79 Å². The predicted molar refractivity (Wildman–Crippen MR) is 113 cm³/mol. The Hall–Kier alpha value is -2.71. The van der Waals surface area contributed by atoms with Crippen LogP contribution in [-0.2, 0) is 7.05 Å². The van der Waals surface area contributed by atoms with E-state index in [1.54, 1.807) is 16.3 Å². The zero-order valence-corrected chi connectivity index (χ0v) is 17.2. The average molecular weight is 397 g/mol.